The minimum Gasteiger partial charge on any atom is -0.340 e. The van der Waals surface area contributed by atoms with Gasteiger partial charge >= 0.3 is 0 Å². The lowest BCUT2D eigenvalue weighted by atomic mass is 9.97. The van der Waals surface area contributed by atoms with Crippen molar-refractivity contribution in [3.8, 4) is 0 Å². The van der Waals surface area contributed by atoms with Crippen LogP contribution in [0.4, 0.5) is 0 Å². The van der Waals surface area contributed by atoms with Crippen LogP contribution in [0, 0.1) is 0 Å². The van der Waals surface area contributed by atoms with Gasteiger partial charge in [-0.25, -0.2) is 0 Å². The Hall–Kier alpha value is -3.84. The van der Waals surface area contributed by atoms with Gasteiger partial charge in [-0.2, -0.15) is 0 Å². The number of aromatic nitrogens is 1. The van der Waals surface area contributed by atoms with E-state index >= 15 is 0 Å². The molecule has 0 spiro atoms. The Morgan fingerprint density at radius 1 is 0.486 bits per heavy atom. The molecule has 0 bridgehead atoms. The molecule has 6 aromatic carbocycles. The first-order valence-corrected chi connectivity index (χ1v) is 13.0. The summed E-state index contributed by atoms with van der Waals surface area (Å²) in [6, 6.07) is 36.4. The lowest BCUT2D eigenvalue weighted by Gasteiger charge is -2.09. The molecule has 1 heteroatoms. The number of unbranched alkanes of at least 4 members (excludes halogenated alkanes) is 3. The van der Waals surface area contributed by atoms with E-state index in [1.54, 1.807) is 0 Å². The average Bonchev–Trinajstić information content (AvgIpc) is 3.20. The van der Waals surface area contributed by atoms with Crippen LogP contribution in [0.15, 0.2) is 97.1 Å². The Bertz CT molecular complexity index is 1890. The van der Waals surface area contributed by atoms with Crippen molar-refractivity contribution in [2.24, 2.45) is 0 Å². The van der Waals surface area contributed by atoms with Crippen LogP contribution in [-0.4, -0.2) is 4.57 Å². The predicted octanol–water partition coefficient (Wildman–Crippen LogP) is 9.99. The second kappa shape index (κ2) is 8.13. The maximum absolute atomic E-state index is 2.59. The summed E-state index contributed by atoms with van der Waals surface area (Å²) >= 11 is 0. The number of fused-ring (bicyclic) bond motifs is 8. The van der Waals surface area contributed by atoms with E-state index in [1.165, 1.54) is 90.6 Å². The van der Waals surface area contributed by atoms with Crippen LogP contribution in [0.1, 0.15) is 32.6 Å². The highest BCUT2D eigenvalue weighted by atomic mass is 15.0. The molecule has 0 saturated heterocycles. The second-order valence-electron chi connectivity index (χ2n) is 10.0. The van der Waals surface area contributed by atoms with Gasteiger partial charge in [-0.05, 0) is 92.0 Å². The summed E-state index contributed by atoms with van der Waals surface area (Å²) in [4.78, 5) is 0. The Morgan fingerprint density at radius 3 is 1.77 bits per heavy atom. The van der Waals surface area contributed by atoms with Crippen molar-refractivity contribution in [2.45, 2.75) is 39.2 Å². The highest BCUT2D eigenvalue weighted by Crippen LogP contribution is 2.39. The summed E-state index contributed by atoms with van der Waals surface area (Å²) in [5.74, 6) is 0. The largest absolute Gasteiger partial charge is 0.340 e. The van der Waals surface area contributed by atoms with Crippen molar-refractivity contribution in [3.63, 3.8) is 0 Å². The summed E-state index contributed by atoms with van der Waals surface area (Å²) in [5.41, 5.74) is 2.72. The van der Waals surface area contributed by atoms with Crippen molar-refractivity contribution in [1.82, 2.24) is 4.57 Å². The molecule has 0 aliphatic heterocycles. The summed E-state index contributed by atoms with van der Waals surface area (Å²) < 4.78 is 2.59. The van der Waals surface area contributed by atoms with Gasteiger partial charge in [0.25, 0.3) is 0 Å². The molecule has 0 unspecified atom stereocenters. The van der Waals surface area contributed by atoms with E-state index in [0.717, 1.165) is 6.54 Å². The molecular weight excluding hydrogens is 422 g/mol. The molecule has 1 heterocycles. The minimum atomic E-state index is 1.07. The molecule has 0 saturated carbocycles. The minimum absolute atomic E-state index is 1.07. The van der Waals surface area contributed by atoms with Crippen molar-refractivity contribution < 1.29 is 0 Å². The zero-order valence-corrected chi connectivity index (χ0v) is 20.2. The third kappa shape index (κ3) is 3.30. The SMILES string of the molecule is CCCCCCn1c2cc3cc4ccccc4cc3cc2c2c3cc4ccccc4cc3ccc21. The second-order valence-corrected chi connectivity index (χ2v) is 10.0. The lowest BCUT2D eigenvalue weighted by molar-refractivity contribution is 0.602. The Balaban J connectivity index is 1.58. The quantitative estimate of drug-likeness (QED) is 0.181. The number of rotatable bonds is 5. The van der Waals surface area contributed by atoms with E-state index < -0.39 is 0 Å². The monoisotopic (exact) mass is 451 g/mol. The Kier molecular flexibility index (Phi) is 4.77. The first-order valence-electron chi connectivity index (χ1n) is 13.0. The van der Waals surface area contributed by atoms with Gasteiger partial charge in [-0.15, -0.1) is 0 Å². The lowest BCUT2D eigenvalue weighted by Crippen LogP contribution is -1.97. The number of nitrogens with zero attached hydrogens (tertiary/aromatic N) is 1. The third-order valence-electron chi connectivity index (χ3n) is 7.77. The molecule has 0 atom stereocenters. The molecule has 1 aromatic heterocycles. The summed E-state index contributed by atoms with van der Waals surface area (Å²) in [6.07, 6.45) is 5.08. The average molecular weight is 452 g/mol. The first-order chi connectivity index (χ1) is 17.3. The van der Waals surface area contributed by atoms with Gasteiger partial charge in [0.1, 0.15) is 0 Å². The van der Waals surface area contributed by atoms with Gasteiger partial charge in [0.15, 0.2) is 0 Å². The molecule has 1 nitrogen and oxygen atoms in total. The number of hydrogen-bond donors (Lipinski definition) is 0. The standard InChI is InChI=1S/C34H29N/c1-2-3-4-9-16-35-32-15-14-27-17-23-10-7-8-13-26(23)20-30(27)34(32)31-21-28-18-24-11-5-6-12-25(24)19-29(28)22-33(31)35/h5-8,10-15,17-22H,2-4,9,16H2,1H3. The van der Waals surface area contributed by atoms with Crippen LogP contribution < -0.4 is 0 Å². The van der Waals surface area contributed by atoms with Crippen molar-refractivity contribution in [3.05, 3.63) is 97.1 Å². The van der Waals surface area contributed by atoms with Crippen LogP contribution >= 0.6 is 0 Å². The van der Waals surface area contributed by atoms with Gasteiger partial charge in [-0.3, -0.25) is 0 Å². The van der Waals surface area contributed by atoms with E-state index in [0.29, 0.717) is 0 Å². The first kappa shape index (κ1) is 20.5. The molecule has 0 N–H and O–H groups in total. The maximum atomic E-state index is 2.59. The fraction of sp³-hybridized carbons (Fsp3) is 0.176. The maximum Gasteiger partial charge on any atom is 0.0498 e. The van der Waals surface area contributed by atoms with E-state index in [4.69, 9.17) is 0 Å². The Labute approximate surface area is 205 Å². The van der Waals surface area contributed by atoms with Gasteiger partial charge in [0.2, 0.25) is 0 Å². The fourth-order valence-corrected chi connectivity index (χ4v) is 5.98. The third-order valence-corrected chi connectivity index (χ3v) is 7.77. The van der Waals surface area contributed by atoms with Crippen molar-refractivity contribution in [2.75, 3.05) is 0 Å². The zero-order valence-electron chi connectivity index (χ0n) is 20.2. The number of aryl methyl sites for hydroxylation is 1. The molecule has 0 amide bonds. The zero-order chi connectivity index (χ0) is 23.4. The topological polar surface area (TPSA) is 4.93 Å². The summed E-state index contributed by atoms with van der Waals surface area (Å²) in [5, 5.41) is 13.3. The normalized spacial score (nSPS) is 12.1. The van der Waals surface area contributed by atoms with Crippen molar-refractivity contribution in [1.29, 1.82) is 0 Å². The molecule has 7 aromatic rings. The van der Waals surface area contributed by atoms with Crippen LogP contribution in [-0.2, 0) is 6.54 Å². The van der Waals surface area contributed by atoms with Gasteiger partial charge < -0.3 is 4.57 Å². The molecule has 0 aliphatic rings. The molecule has 0 fully saturated rings. The molecular formula is C34H29N. The molecule has 0 radical (unpaired) electrons. The smallest absolute Gasteiger partial charge is 0.0498 e. The highest BCUT2D eigenvalue weighted by molar-refractivity contribution is 6.24. The van der Waals surface area contributed by atoms with E-state index in [1.807, 2.05) is 0 Å². The van der Waals surface area contributed by atoms with Crippen molar-refractivity contribution >= 4 is 64.9 Å². The summed E-state index contributed by atoms with van der Waals surface area (Å²) in [6.45, 7) is 3.35. The van der Waals surface area contributed by atoms with E-state index in [-0.39, 0.29) is 0 Å². The highest BCUT2D eigenvalue weighted by Gasteiger charge is 2.15. The van der Waals surface area contributed by atoms with E-state index in [9.17, 15) is 0 Å². The molecule has 0 aliphatic carbocycles. The number of hydrogen-bond acceptors (Lipinski definition) is 0. The van der Waals surface area contributed by atoms with E-state index in [2.05, 4.69) is 109 Å². The number of benzene rings is 6. The van der Waals surface area contributed by atoms with Gasteiger partial charge in [0, 0.05) is 28.4 Å². The fourth-order valence-electron chi connectivity index (χ4n) is 5.98. The summed E-state index contributed by atoms with van der Waals surface area (Å²) in [7, 11) is 0. The molecule has 7 rings (SSSR count). The van der Waals surface area contributed by atoms with Crippen LogP contribution in [0.2, 0.25) is 0 Å². The van der Waals surface area contributed by atoms with Crippen LogP contribution in [0.25, 0.3) is 64.9 Å². The van der Waals surface area contributed by atoms with Crippen LogP contribution in [0.5, 0.6) is 0 Å². The predicted molar refractivity (Wildman–Crippen MR) is 154 cm³/mol. The van der Waals surface area contributed by atoms with Gasteiger partial charge in [-0.1, -0.05) is 80.8 Å². The van der Waals surface area contributed by atoms with Crippen LogP contribution in [0.3, 0.4) is 0 Å². The Morgan fingerprint density at radius 2 is 1.09 bits per heavy atom. The van der Waals surface area contributed by atoms with Gasteiger partial charge in [0.05, 0.1) is 0 Å². The molecule has 170 valence electrons. The molecule has 35 heavy (non-hydrogen) atoms.